The molecule has 0 aliphatic heterocycles. The Hall–Kier alpha value is -1.07. The summed E-state index contributed by atoms with van der Waals surface area (Å²) >= 11 is 5.86. The summed E-state index contributed by atoms with van der Waals surface area (Å²) in [6.45, 7) is 4.03. The first-order valence-corrected chi connectivity index (χ1v) is 6.16. The van der Waals surface area contributed by atoms with E-state index in [0.717, 1.165) is 18.8 Å². The maximum Gasteiger partial charge on any atom is 0.221 e. The lowest BCUT2D eigenvalue weighted by Crippen LogP contribution is -2.28. The third-order valence-corrected chi connectivity index (χ3v) is 2.76. The highest BCUT2D eigenvalue weighted by molar-refractivity contribution is 6.29. The largest absolute Gasteiger partial charge is 0.356 e. The Morgan fingerprint density at radius 2 is 2.29 bits per heavy atom. The fourth-order valence-corrected chi connectivity index (χ4v) is 1.49. The van der Waals surface area contributed by atoms with Crippen LogP contribution < -0.4 is 10.6 Å². The number of hydrogen-bond acceptors (Lipinski definition) is 3. The maximum absolute atomic E-state index is 11.3. The second kappa shape index (κ2) is 7.29. The molecule has 0 aromatic carbocycles. The number of rotatable bonds is 7. The Bertz CT molecular complexity index is 364. The first-order valence-electron chi connectivity index (χ1n) is 5.78. The van der Waals surface area contributed by atoms with Gasteiger partial charge < -0.3 is 15.2 Å². The molecule has 0 saturated carbocycles. The molecule has 0 spiro atoms. The minimum atomic E-state index is 0.0808. The van der Waals surface area contributed by atoms with Crippen LogP contribution in [0.15, 0.2) is 6.20 Å². The monoisotopic (exact) mass is 258 g/mol. The summed E-state index contributed by atoms with van der Waals surface area (Å²) in [5, 5.41) is 6.60. The molecule has 96 valence electrons. The SMILES string of the molecule is CCCNC(=O)CCNCc1ncc(Cl)n1C. The quantitative estimate of drug-likeness (QED) is 0.720. The van der Waals surface area contributed by atoms with Crippen molar-refractivity contribution in [2.75, 3.05) is 13.1 Å². The van der Waals surface area contributed by atoms with Crippen LogP contribution >= 0.6 is 11.6 Å². The molecule has 2 N–H and O–H groups in total. The van der Waals surface area contributed by atoms with Crippen LogP contribution in [0.25, 0.3) is 0 Å². The van der Waals surface area contributed by atoms with Gasteiger partial charge in [-0.1, -0.05) is 18.5 Å². The number of carbonyl (C=O) groups excluding carboxylic acids is 1. The average Bonchev–Trinajstić information content (AvgIpc) is 2.63. The zero-order valence-corrected chi connectivity index (χ0v) is 11.0. The topological polar surface area (TPSA) is 59.0 Å². The van der Waals surface area contributed by atoms with Crippen molar-refractivity contribution in [1.82, 2.24) is 20.2 Å². The number of nitrogens with zero attached hydrogens (tertiary/aromatic N) is 2. The lowest BCUT2D eigenvalue weighted by atomic mass is 10.3. The van der Waals surface area contributed by atoms with Gasteiger partial charge >= 0.3 is 0 Å². The number of carbonyl (C=O) groups is 1. The molecule has 1 amide bonds. The summed E-state index contributed by atoms with van der Waals surface area (Å²) in [6, 6.07) is 0. The van der Waals surface area contributed by atoms with E-state index >= 15 is 0 Å². The van der Waals surface area contributed by atoms with Crippen LogP contribution in [-0.4, -0.2) is 28.5 Å². The zero-order chi connectivity index (χ0) is 12.7. The van der Waals surface area contributed by atoms with Gasteiger partial charge in [0.05, 0.1) is 12.7 Å². The highest BCUT2D eigenvalue weighted by Gasteiger charge is 2.04. The Kier molecular flexibility index (Phi) is 6.00. The highest BCUT2D eigenvalue weighted by Crippen LogP contribution is 2.08. The summed E-state index contributed by atoms with van der Waals surface area (Å²) in [5.41, 5.74) is 0. The van der Waals surface area contributed by atoms with Crippen LogP contribution in [-0.2, 0) is 18.4 Å². The Labute approximate surface area is 107 Å². The third kappa shape index (κ3) is 4.75. The summed E-state index contributed by atoms with van der Waals surface area (Å²) in [6.07, 6.45) is 3.07. The van der Waals surface area contributed by atoms with Gasteiger partial charge in [0, 0.05) is 26.6 Å². The van der Waals surface area contributed by atoms with Gasteiger partial charge in [-0.05, 0) is 6.42 Å². The molecule has 0 bridgehead atoms. The molecule has 6 heteroatoms. The van der Waals surface area contributed by atoms with E-state index in [1.165, 1.54) is 0 Å². The molecule has 17 heavy (non-hydrogen) atoms. The van der Waals surface area contributed by atoms with Gasteiger partial charge in [-0.25, -0.2) is 4.98 Å². The molecule has 0 saturated heterocycles. The van der Waals surface area contributed by atoms with Crippen molar-refractivity contribution in [3.05, 3.63) is 17.2 Å². The van der Waals surface area contributed by atoms with Crippen molar-refractivity contribution in [3.8, 4) is 0 Å². The highest BCUT2D eigenvalue weighted by atomic mass is 35.5. The van der Waals surface area contributed by atoms with Crippen LogP contribution in [0.5, 0.6) is 0 Å². The lowest BCUT2D eigenvalue weighted by Gasteiger charge is -2.06. The fourth-order valence-electron chi connectivity index (χ4n) is 1.34. The second-order valence-electron chi connectivity index (χ2n) is 3.83. The Morgan fingerprint density at radius 3 is 2.88 bits per heavy atom. The standard InChI is InChI=1S/C11H19ClN4O/c1-3-5-14-11(17)4-6-13-8-10-15-7-9(12)16(10)2/h7,13H,3-6,8H2,1-2H3,(H,14,17). The van der Waals surface area contributed by atoms with Gasteiger partial charge in [0.1, 0.15) is 11.0 Å². The van der Waals surface area contributed by atoms with Gasteiger partial charge in [0.15, 0.2) is 0 Å². The minimum absolute atomic E-state index is 0.0808. The van der Waals surface area contributed by atoms with Crippen LogP contribution in [0.1, 0.15) is 25.6 Å². The van der Waals surface area contributed by atoms with E-state index in [4.69, 9.17) is 11.6 Å². The van der Waals surface area contributed by atoms with Crippen LogP contribution in [0.4, 0.5) is 0 Å². The molecule has 5 nitrogen and oxygen atoms in total. The van der Waals surface area contributed by atoms with Crippen molar-refractivity contribution >= 4 is 17.5 Å². The van der Waals surface area contributed by atoms with Gasteiger partial charge in [-0.15, -0.1) is 0 Å². The minimum Gasteiger partial charge on any atom is -0.356 e. The molecule has 0 fully saturated rings. The number of hydrogen-bond donors (Lipinski definition) is 2. The summed E-state index contributed by atoms with van der Waals surface area (Å²) < 4.78 is 1.81. The number of halogens is 1. The lowest BCUT2D eigenvalue weighted by molar-refractivity contribution is -0.120. The molecule has 1 rings (SSSR count). The van der Waals surface area contributed by atoms with Gasteiger partial charge in [-0.3, -0.25) is 4.79 Å². The molecular formula is C11H19ClN4O. The molecule has 1 aromatic heterocycles. The van der Waals surface area contributed by atoms with Crippen molar-refractivity contribution in [1.29, 1.82) is 0 Å². The predicted molar refractivity (Wildman–Crippen MR) is 67.8 cm³/mol. The van der Waals surface area contributed by atoms with E-state index in [9.17, 15) is 4.79 Å². The number of nitrogens with one attached hydrogen (secondary N) is 2. The first-order chi connectivity index (χ1) is 8.15. The van der Waals surface area contributed by atoms with Crippen molar-refractivity contribution in [3.63, 3.8) is 0 Å². The van der Waals surface area contributed by atoms with E-state index in [1.54, 1.807) is 6.20 Å². The maximum atomic E-state index is 11.3. The zero-order valence-electron chi connectivity index (χ0n) is 10.3. The van der Waals surface area contributed by atoms with Crippen molar-refractivity contribution in [2.45, 2.75) is 26.3 Å². The van der Waals surface area contributed by atoms with Crippen LogP contribution in [0.2, 0.25) is 5.15 Å². The van der Waals surface area contributed by atoms with Crippen molar-refractivity contribution in [2.24, 2.45) is 7.05 Å². The summed E-state index contributed by atoms with van der Waals surface area (Å²) in [5.74, 6) is 0.946. The van der Waals surface area contributed by atoms with E-state index in [1.807, 2.05) is 18.5 Å². The molecule has 0 aliphatic rings. The molecule has 0 unspecified atom stereocenters. The normalized spacial score (nSPS) is 10.5. The first kappa shape index (κ1) is 14.0. The number of aromatic nitrogens is 2. The fraction of sp³-hybridized carbons (Fsp3) is 0.636. The molecule has 0 aliphatic carbocycles. The number of imidazole rings is 1. The van der Waals surface area contributed by atoms with Gasteiger partial charge in [0.2, 0.25) is 5.91 Å². The smallest absolute Gasteiger partial charge is 0.221 e. The molecule has 1 aromatic rings. The summed E-state index contributed by atoms with van der Waals surface area (Å²) in [4.78, 5) is 15.4. The Balaban J connectivity index is 2.16. The van der Waals surface area contributed by atoms with Crippen LogP contribution in [0.3, 0.4) is 0 Å². The van der Waals surface area contributed by atoms with E-state index in [-0.39, 0.29) is 5.91 Å². The Morgan fingerprint density at radius 1 is 1.53 bits per heavy atom. The van der Waals surface area contributed by atoms with Crippen molar-refractivity contribution < 1.29 is 4.79 Å². The molecule has 1 heterocycles. The van der Waals surface area contributed by atoms with E-state index in [0.29, 0.717) is 24.7 Å². The van der Waals surface area contributed by atoms with E-state index < -0.39 is 0 Å². The van der Waals surface area contributed by atoms with E-state index in [2.05, 4.69) is 15.6 Å². The van der Waals surface area contributed by atoms with Gasteiger partial charge in [-0.2, -0.15) is 0 Å². The molecular weight excluding hydrogens is 240 g/mol. The third-order valence-electron chi connectivity index (χ3n) is 2.41. The molecule has 0 radical (unpaired) electrons. The second-order valence-corrected chi connectivity index (χ2v) is 4.22. The molecule has 0 atom stereocenters. The van der Waals surface area contributed by atoms with Gasteiger partial charge in [0.25, 0.3) is 0 Å². The number of amides is 1. The summed E-state index contributed by atoms with van der Waals surface area (Å²) in [7, 11) is 1.86. The predicted octanol–water partition coefficient (Wildman–Crippen LogP) is 1.08. The van der Waals surface area contributed by atoms with Crippen LogP contribution in [0, 0.1) is 0 Å². The average molecular weight is 259 g/mol.